The minimum atomic E-state index is -0.138. The first-order chi connectivity index (χ1) is 27.6. The molecule has 12 rings (SSSR count). The van der Waals surface area contributed by atoms with Gasteiger partial charge in [0.1, 0.15) is 0 Å². The van der Waals surface area contributed by atoms with E-state index in [9.17, 15) is 0 Å². The molecule has 0 aliphatic heterocycles. The Morgan fingerprint density at radius 3 is 1.64 bits per heavy atom. The number of rotatable bonds is 3. The van der Waals surface area contributed by atoms with Crippen molar-refractivity contribution in [2.75, 3.05) is 0 Å². The molecule has 0 atom stereocenters. The maximum atomic E-state index is 2.48. The third-order valence-corrected chi connectivity index (χ3v) is 13.8. The second kappa shape index (κ2) is 11.7. The zero-order chi connectivity index (χ0) is 37.1. The molecule has 0 unspecified atom stereocenters. The lowest BCUT2D eigenvalue weighted by Gasteiger charge is -2.23. The van der Waals surface area contributed by atoms with E-state index < -0.39 is 0 Å². The monoisotopic (exact) mass is 728 g/mol. The Kier molecular flexibility index (Phi) is 6.66. The Labute approximate surface area is 329 Å². The minimum Gasteiger partial charge on any atom is -0.135 e. The van der Waals surface area contributed by atoms with Gasteiger partial charge in [-0.1, -0.05) is 178 Å². The van der Waals surface area contributed by atoms with Crippen molar-refractivity contribution in [2.24, 2.45) is 0 Å². The highest BCUT2D eigenvalue weighted by molar-refractivity contribution is 7.26. The van der Waals surface area contributed by atoms with Gasteiger partial charge >= 0.3 is 0 Å². The summed E-state index contributed by atoms with van der Waals surface area (Å²) in [5, 5.41) is 13.1. The highest BCUT2D eigenvalue weighted by atomic mass is 32.1. The smallest absolute Gasteiger partial charge is 0.0437 e. The predicted octanol–water partition coefficient (Wildman–Crippen LogP) is 16.0. The van der Waals surface area contributed by atoms with Gasteiger partial charge in [-0.15, -0.1) is 11.3 Å². The Hall–Kier alpha value is -6.54. The normalized spacial score (nSPS) is 13.3. The molecular formula is C55H36S. The Morgan fingerprint density at radius 1 is 0.375 bits per heavy atom. The van der Waals surface area contributed by atoms with Crippen molar-refractivity contribution in [3.05, 3.63) is 193 Å². The molecule has 0 nitrogen and oxygen atoms in total. The van der Waals surface area contributed by atoms with E-state index >= 15 is 0 Å². The van der Waals surface area contributed by atoms with Crippen LogP contribution in [0.2, 0.25) is 0 Å². The molecule has 56 heavy (non-hydrogen) atoms. The van der Waals surface area contributed by atoms with Gasteiger partial charge in [-0.05, 0) is 112 Å². The second-order valence-corrected chi connectivity index (χ2v) is 17.0. The third-order valence-electron chi connectivity index (χ3n) is 12.6. The van der Waals surface area contributed by atoms with Crippen LogP contribution in [0.1, 0.15) is 25.0 Å². The maximum Gasteiger partial charge on any atom is 0.0437 e. The van der Waals surface area contributed by atoms with Gasteiger partial charge in [0.25, 0.3) is 0 Å². The molecule has 0 fully saturated rings. The molecule has 1 heteroatoms. The SMILES string of the molecule is CC1(C)c2ccc(-c3cccc(-c4c5ccccc5c(-c5cccc6ccccc56)c5ccccc45)c3)cc2-c2c1c1c3ccccc3sc1c1ccccc21. The molecule has 0 N–H and O–H groups in total. The average molecular weight is 729 g/mol. The van der Waals surface area contributed by atoms with Crippen molar-refractivity contribution < 1.29 is 0 Å². The van der Waals surface area contributed by atoms with E-state index in [2.05, 4.69) is 196 Å². The predicted molar refractivity (Wildman–Crippen MR) is 243 cm³/mol. The van der Waals surface area contributed by atoms with Crippen molar-refractivity contribution in [3.63, 3.8) is 0 Å². The van der Waals surface area contributed by atoms with Crippen LogP contribution in [-0.4, -0.2) is 0 Å². The summed E-state index contributed by atoms with van der Waals surface area (Å²) in [6, 6.07) is 68.0. The van der Waals surface area contributed by atoms with Crippen LogP contribution in [0.5, 0.6) is 0 Å². The minimum absolute atomic E-state index is 0.138. The number of thiophene rings is 1. The standard InChI is InChI=1S/C55H36S/c1-55(2)47-30-29-35(32-46(47)51-43-24-9-10-25-44(43)54-52(53(51)55)45-26-11-12-28-48(45)56-54)34-17-13-18-36(31-34)49-39-20-5-7-22-41(39)50(42-23-8-6-21-40(42)49)38-27-14-16-33-15-3-4-19-37(33)38/h3-32H,1-2H3. The van der Waals surface area contributed by atoms with Gasteiger partial charge in [0, 0.05) is 31.0 Å². The lowest BCUT2D eigenvalue weighted by Crippen LogP contribution is -2.15. The third kappa shape index (κ3) is 4.35. The summed E-state index contributed by atoms with van der Waals surface area (Å²) in [6.45, 7) is 4.85. The van der Waals surface area contributed by atoms with Crippen molar-refractivity contribution >= 4 is 74.6 Å². The molecule has 0 radical (unpaired) electrons. The van der Waals surface area contributed by atoms with Gasteiger partial charge in [0.15, 0.2) is 0 Å². The zero-order valence-corrected chi connectivity index (χ0v) is 32.0. The summed E-state index contributed by atoms with van der Waals surface area (Å²) in [5.74, 6) is 0. The fourth-order valence-corrected chi connectivity index (χ4v) is 11.4. The molecule has 10 aromatic carbocycles. The molecule has 1 aromatic heterocycles. The van der Waals surface area contributed by atoms with Crippen LogP contribution >= 0.6 is 11.3 Å². The van der Waals surface area contributed by atoms with Crippen molar-refractivity contribution in [2.45, 2.75) is 19.3 Å². The lowest BCUT2D eigenvalue weighted by molar-refractivity contribution is 0.667. The number of hydrogen-bond donors (Lipinski definition) is 0. The molecule has 11 aromatic rings. The van der Waals surface area contributed by atoms with E-state index in [1.165, 1.54) is 119 Å². The van der Waals surface area contributed by atoms with Crippen LogP contribution in [-0.2, 0) is 5.41 Å². The molecule has 0 spiro atoms. The number of fused-ring (bicyclic) bond motifs is 13. The molecule has 1 heterocycles. The van der Waals surface area contributed by atoms with Gasteiger partial charge in [-0.2, -0.15) is 0 Å². The molecule has 0 bridgehead atoms. The van der Waals surface area contributed by atoms with Gasteiger partial charge in [0.05, 0.1) is 0 Å². The van der Waals surface area contributed by atoms with Crippen LogP contribution < -0.4 is 0 Å². The van der Waals surface area contributed by atoms with Crippen molar-refractivity contribution in [1.29, 1.82) is 0 Å². The molecule has 0 saturated carbocycles. The topological polar surface area (TPSA) is 0 Å². The van der Waals surface area contributed by atoms with E-state index in [1.54, 1.807) is 0 Å². The highest BCUT2D eigenvalue weighted by Crippen LogP contribution is 2.58. The maximum absolute atomic E-state index is 2.48. The number of hydrogen-bond acceptors (Lipinski definition) is 1. The van der Waals surface area contributed by atoms with Crippen LogP contribution in [0.25, 0.3) is 108 Å². The molecular weight excluding hydrogens is 693 g/mol. The fraction of sp³-hybridized carbons (Fsp3) is 0.0545. The molecule has 0 saturated heterocycles. The van der Waals surface area contributed by atoms with Gasteiger partial charge < -0.3 is 0 Å². The second-order valence-electron chi connectivity index (χ2n) is 15.9. The fourth-order valence-electron chi connectivity index (χ4n) is 10.2. The van der Waals surface area contributed by atoms with Crippen molar-refractivity contribution in [3.8, 4) is 44.5 Å². The molecule has 1 aliphatic rings. The van der Waals surface area contributed by atoms with Gasteiger partial charge in [-0.25, -0.2) is 0 Å². The van der Waals surface area contributed by atoms with Crippen molar-refractivity contribution in [1.82, 2.24) is 0 Å². The van der Waals surface area contributed by atoms with Gasteiger partial charge in [0.2, 0.25) is 0 Å². The summed E-state index contributed by atoms with van der Waals surface area (Å²) in [7, 11) is 0. The van der Waals surface area contributed by atoms with E-state index in [1.807, 2.05) is 11.3 Å². The first-order valence-corrected chi connectivity index (χ1v) is 20.4. The summed E-state index contributed by atoms with van der Waals surface area (Å²) in [6.07, 6.45) is 0. The Balaban J connectivity index is 1.08. The van der Waals surface area contributed by atoms with E-state index in [-0.39, 0.29) is 5.41 Å². The van der Waals surface area contributed by atoms with Gasteiger partial charge in [-0.3, -0.25) is 0 Å². The zero-order valence-electron chi connectivity index (χ0n) is 31.2. The van der Waals surface area contributed by atoms with Crippen LogP contribution in [0.4, 0.5) is 0 Å². The summed E-state index contributed by atoms with van der Waals surface area (Å²) in [4.78, 5) is 0. The Morgan fingerprint density at radius 2 is 0.911 bits per heavy atom. The van der Waals surface area contributed by atoms with E-state index in [0.717, 1.165) is 0 Å². The number of benzene rings is 10. The first kappa shape index (κ1) is 31.8. The lowest BCUT2D eigenvalue weighted by atomic mass is 9.79. The largest absolute Gasteiger partial charge is 0.135 e. The average Bonchev–Trinajstić information content (AvgIpc) is 3.75. The van der Waals surface area contributed by atoms with Crippen LogP contribution in [0, 0.1) is 0 Å². The summed E-state index contributed by atoms with van der Waals surface area (Å²) >= 11 is 1.94. The van der Waals surface area contributed by atoms with E-state index in [4.69, 9.17) is 0 Å². The summed E-state index contributed by atoms with van der Waals surface area (Å²) in [5.41, 5.74) is 13.1. The molecule has 0 amide bonds. The van der Waals surface area contributed by atoms with Crippen LogP contribution in [0.15, 0.2) is 182 Å². The molecule has 1 aliphatic carbocycles. The molecule has 262 valence electrons. The summed E-state index contributed by atoms with van der Waals surface area (Å²) < 4.78 is 2.76. The Bertz CT molecular complexity index is 3390. The van der Waals surface area contributed by atoms with Crippen LogP contribution in [0.3, 0.4) is 0 Å². The highest BCUT2D eigenvalue weighted by Gasteiger charge is 2.39. The quantitative estimate of drug-likeness (QED) is 0.159. The van der Waals surface area contributed by atoms with E-state index in [0.29, 0.717) is 0 Å². The first-order valence-electron chi connectivity index (χ1n) is 19.6.